The minimum atomic E-state index is -0.0225. The normalized spacial score (nSPS) is 23.6. The summed E-state index contributed by atoms with van der Waals surface area (Å²) in [6.07, 6.45) is 9.71. The summed E-state index contributed by atoms with van der Waals surface area (Å²) >= 11 is 0. The lowest BCUT2D eigenvalue weighted by molar-refractivity contribution is -0.169. The summed E-state index contributed by atoms with van der Waals surface area (Å²) in [7, 11) is 0. The van der Waals surface area contributed by atoms with Gasteiger partial charge in [0.15, 0.2) is 0 Å². The van der Waals surface area contributed by atoms with Crippen LogP contribution in [0.4, 0.5) is 0 Å². The first kappa shape index (κ1) is 16.2. The van der Waals surface area contributed by atoms with Crippen LogP contribution in [-0.4, -0.2) is 34.6 Å². The summed E-state index contributed by atoms with van der Waals surface area (Å²) in [6.45, 7) is 2.78. The van der Waals surface area contributed by atoms with E-state index in [9.17, 15) is 4.79 Å². The smallest absolute Gasteiger partial charge is 0.252 e. The second-order valence-corrected chi connectivity index (χ2v) is 6.97. The van der Waals surface area contributed by atoms with Crippen molar-refractivity contribution in [1.82, 2.24) is 15.3 Å². The fourth-order valence-electron chi connectivity index (χ4n) is 4.25. The van der Waals surface area contributed by atoms with Crippen molar-refractivity contribution < 1.29 is 9.53 Å². The average molecular weight is 337 g/mol. The minimum Gasteiger partial charge on any atom is -0.378 e. The lowest BCUT2D eigenvalue weighted by atomic mass is 9.51. The first-order chi connectivity index (χ1) is 12.2. The van der Waals surface area contributed by atoms with E-state index in [1.807, 2.05) is 31.2 Å². The van der Waals surface area contributed by atoms with Crippen LogP contribution in [0.15, 0.2) is 43.0 Å². The standard InChI is InChI=1S/C20H23N3O2/c1-2-25-18-10-17(20(18)8-5-9-20)23-19(24)16-7-4-3-6-15(16)14-11-21-13-22-12-14/h3-4,6-7,11-13,17-18H,2,5,8-10H2,1H3,(H,23,24)/t17-,18-/m0/s1. The van der Waals surface area contributed by atoms with E-state index in [-0.39, 0.29) is 17.4 Å². The summed E-state index contributed by atoms with van der Waals surface area (Å²) in [6, 6.07) is 7.84. The Kier molecular flexibility index (Phi) is 4.25. The van der Waals surface area contributed by atoms with Crippen LogP contribution in [-0.2, 0) is 4.74 Å². The average Bonchev–Trinajstić information content (AvgIpc) is 2.60. The zero-order valence-corrected chi connectivity index (χ0v) is 14.4. The van der Waals surface area contributed by atoms with Gasteiger partial charge in [-0.15, -0.1) is 0 Å². The molecule has 1 heterocycles. The van der Waals surface area contributed by atoms with Gasteiger partial charge in [-0.2, -0.15) is 0 Å². The maximum Gasteiger partial charge on any atom is 0.252 e. The largest absolute Gasteiger partial charge is 0.378 e. The highest BCUT2D eigenvalue weighted by Gasteiger charge is 2.59. The SMILES string of the molecule is CCO[C@H]1C[C@H](NC(=O)c2ccccc2-c2cncnc2)C12CCC2. The number of ether oxygens (including phenoxy) is 1. The number of hydrogen-bond acceptors (Lipinski definition) is 4. The van der Waals surface area contributed by atoms with Crippen LogP contribution < -0.4 is 5.32 Å². The van der Waals surface area contributed by atoms with Gasteiger partial charge in [0.25, 0.3) is 5.91 Å². The van der Waals surface area contributed by atoms with Crippen molar-refractivity contribution in [3.63, 3.8) is 0 Å². The van der Waals surface area contributed by atoms with Crippen molar-refractivity contribution in [2.24, 2.45) is 5.41 Å². The fourth-order valence-corrected chi connectivity index (χ4v) is 4.25. The number of nitrogens with one attached hydrogen (secondary N) is 1. The molecule has 0 radical (unpaired) electrons. The molecule has 2 atom stereocenters. The quantitative estimate of drug-likeness (QED) is 0.910. The second kappa shape index (κ2) is 6.56. The molecule has 2 aliphatic carbocycles. The van der Waals surface area contributed by atoms with Crippen molar-refractivity contribution in [3.05, 3.63) is 48.5 Å². The summed E-state index contributed by atoms with van der Waals surface area (Å²) in [5.74, 6) is -0.0225. The van der Waals surface area contributed by atoms with Crippen LogP contribution >= 0.6 is 0 Å². The highest BCUT2D eigenvalue weighted by Crippen LogP contribution is 2.57. The van der Waals surface area contributed by atoms with Gasteiger partial charge >= 0.3 is 0 Å². The molecule has 4 rings (SSSR count). The molecule has 0 aliphatic heterocycles. The molecule has 2 fully saturated rings. The third kappa shape index (κ3) is 2.72. The molecule has 0 unspecified atom stereocenters. The number of rotatable bonds is 5. The van der Waals surface area contributed by atoms with Crippen molar-refractivity contribution >= 4 is 5.91 Å². The molecule has 25 heavy (non-hydrogen) atoms. The molecule has 2 aromatic rings. The number of benzene rings is 1. The summed E-state index contributed by atoms with van der Waals surface area (Å²) in [5, 5.41) is 3.26. The molecule has 1 amide bonds. The van der Waals surface area contributed by atoms with Crippen molar-refractivity contribution in [3.8, 4) is 11.1 Å². The Hall–Kier alpha value is -2.27. The maximum absolute atomic E-state index is 12.9. The van der Waals surface area contributed by atoms with Gasteiger partial charge in [-0.05, 0) is 37.8 Å². The number of aromatic nitrogens is 2. The van der Waals surface area contributed by atoms with Crippen LogP contribution in [0.1, 0.15) is 43.0 Å². The van der Waals surface area contributed by atoms with E-state index in [0.29, 0.717) is 11.7 Å². The van der Waals surface area contributed by atoms with Gasteiger partial charge in [0, 0.05) is 41.6 Å². The number of nitrogens with zero attached hydrogens (tertiary/aromatic N) is 2. The van der Waals surface area contributed by atoms with Crippen LogP contribution in [0, 0.1) is 5.41 Å². The molecule has 5 nitrogen and oxygen atoms in total. The number of hydrogen-bond donors (Lipinski definition) is 1. The lowest BCUT2D eigenvalue weighted by Crippen LogP contribution is -2.67. The van der Waals surface area contributed by atoms with Gasteiger partial charge in [-0.25, -0.2) is 9.97 Å². The van der Waals surface area contributed by atoms with E-state index >= 15 is 0 Å². The highest BCUT2D eigenvalue weighted by molar-refractivity contribution is 6.01. The Morgan fingerprint density at radius 1 is 1.28 bits per heavy atom. The fraction of sp³-hybridized carbons (Fsp3) is 0.450. The zero-order chi connectivity index (χ0) is 17.3. The molecule has 1 aromatic heterocycles. The van der Waals surface area contributed by atoms with Crippen molar-refractivity contribution in [2.45, 2.75) is 44.8 Å². The molecule has 2 saturated carbocycles. The number of amides is 1. The lowest BCUT2D eigenvalue weighted by Gasteiger charge is -2.61. The molecular weight excluding hydrogens is 314 g/mol. The summed E-state index contributed by atoms with van der Waals surface area (Å²) < 4.78 is 5.88. The number of carbonyl (C=O) groups excluding carboxylic acids is 1. The Bertz CT molecular complexity index is 759. The van der Waals surface area contributed by atoms with Gasteiger partial charge in [0.1, 0.15) is 6.33 Å². The molecule has 0 saturated heterocycles. The Labute approximate surface area is 147 Å². The molecule has 1 aromatic carbocycles. The Balaban J connectivity index is 1.53. The van der Waals surface area contributed by atoms with E-state index in [1.165, 1.54) is 12.7 Å². The molecule has 1 spiro atoms. The van der Waals surface area contributed by atoms with Crippen molar-refractivity contribution in [1.29, 1.82) is 0 Å². The predicted octanol–water partition coefficient (Wildman–Crippen LogP) is 3.22. The maximum atomic E-state index is 12.9. The second-order valence-electron chi connectivity index (χ2n) is 6.97. The van der Waals surface area contributed by atoms with Crippen LogP contribution in [0.3, 0.4) is 0 Å². The van der Waals surface area contributed by atoms with Gasteiger partial charge in [0.2, 0.25) is 0 Å². The molecule has 130 valence electrons. The first-order valence-corrected chi connectivity index (χ1v) is 9.01. The molecule has 0 bridgehead atoms. The summed E-state index contributed by atoms with van der Waals surface area (Å²) in [4.78, 5) is 21.1. The third-order valence-electron chi connectivity index (χ3n) is 5.79. The Morgan fingerprint density at radius 2 is 2.04 bits per heavy atom. The minimum absolute atomic E-state index is 0.0225. The van der Waals surface area contributed by atoms with E-state index < -0.39 is 0 Å². The van der Waals surface area contributed by atoms with E-state index in [4.69, 9.17) is 4.74 Å². The molecular formula is C20H23N3O2. The van der Waals surface area contributed by atoms with Gasteiger partial charge in [0.05, 0.1) is 6.10 Å². The summed E-state index contributed by atoms with van der Waals surface area (Å²) in [5.41, 5.74) is 2.55. The van der Waals surface area contributed by atoms with Gasteiger partial charge < -0.3 is 10.1 Å². The van der Waals surface area contributed by atoms with E-state index in [2.05, 4.69) is 15.3 Å². The molecule has 5 heteroatoms. The van der Waals surface area contributed by atoms with E-state index in [0.717, 1.165) is 37.0 Å². The van der Waals surface area contributed by atoms with Gasteiger partial charge in [-0.1, -0.05) is 24.6 Å². The topological polar surface area (TPSA) is 64.1 Å². The van der Waals surface area contributed by atoms with Crippen molar-refractivity contribution in [2.75, 3.05) is 6.61 Å². The van der Waals surface area contributed by atoms with Crippen LogP contribution in [0.5, 0.6) is 0 Å². The highest BCUT2D eigenvalue weighted by atomic mass is 16.5. The van der Waals surface area contributed by atoms with Gasteiger partial charge in [-0.3, -0.25) is 4.79 Å². The molecule has 1 N–H and O–H groups in total. The van der Waals surface area contributed by atoms with E-state index in [1.54, 1.807) is 12.4 Å². The predicted molar refractivity (Wildman–Crippen MR) is 95.0 cm³/mol. The Morgan fingerprint density at radius 3 is 2.72 bits per heavy atom. The third-order valence-corrected chi connectivity index (χ3v) is 5.79. The van der Waals surface area contributed by atoms with Crippen LogP contribution in [0.2, 0.25) is 0 Å². The zero-order valence-electron chi connectivity index (χ0n) is 14.4. The molecule has 2 aliphatic rings. The first-order valence-electron chi connectivity index (χ1n) is 9.01. The monoisotopic (exact) mass is 337 g/mol. The van der Waals surface area contributed by atoms with Crippen LogP contribution in [0.25, 0.3) is 11.1 Å². The number of carbonyl (C=O) groups is 1.